The van der Waals surface area contributed by atoms with E-state index in [9.17, 15) is 14.7 Å². The Hall–Kier alpha value is -7.61. The van der Waals surface area contributed by atoms with Gasteiger partial charge in [-0.1, -0.05) is 84.6 Å². The lowest BCUT2D eigenvalue weighted by molar-refractivity contribution is -0.179. The molecular formula is C51H48N6O10. The zero-order chi connectivity index (χ0) is 46.7. The summed E-state index contributed by atoms with van der Waals surface area (Å²) < 4.78 is 22.2. The third-order valence-electron chi connectivity index (χ3n) is 13.0. The van der Waals surface area contributed by atoms with Crippen LogP contribution in [0, 0.1) is 23.7 Å². The number of nitrogens with zero attached hydrogens (tertiary/aromatic N) is 5. The molecule has 0 saturated carbocycles. The van der Waals surface area contributed by atoms with Gasteiger partial charge in [0.2, 0.25) is 17.8 Å². The standard InChI is InChI=1S/C51H48N6O10/c1-64-46(60)37(47(61)65-2)19-9-12-32-20-21-39-38(30-32)51(49(63)54-39)40(45(59)55-24-26-56(27-25-55)50-52-22-11-23-53-50)42-48(62)67-43(34-15-7-4-8-16-34)41(33-13-5-3-6-14-33)57(42)44(51)35-17-10-18-36(31-35)66-29-28-58/h3-8,10-11,13-18,20-23,30-31,37,40-44,58H,19,24-29H2,1-2H3,(H,54,63)/t40-,41-,42-,43+,44+,51-/m0/s1. The summed E-state index contributed by atoms with van der Waals surface area (Å²) in [6.45, 7) is 1.04. The first-order chi connectivity index (χ1) is 32.7. The molecule has 0 aliphatic carbocycles. The third kappa shape index (κ3) is 8.10. The average molecular weight is 905 g/mol. The van der Waals surface area contributed by atoms with Crippen LogP contribution in [0.5, 0.6) is 5.75 Å². The summed E-state index contributed by atoms with van der Waals surface area (Å²) in [4.78, 5) is 86.6. The van der Waals surface area contributed by atoms with Gasteiger partial charge in [0.15, 0.2) is 5.92 Å². The highest BCUT2D eigenvalue weighted by Gasteiger charge is 2.74. The Morgan fingerprint density at radius 3 is 2.16 bits per heavy atom. The van der Waals surface area contributed by atoms with E-state index in [2.05, 4.69) is 27.1 Å². The number of anilines is 2. The van der Waals surface area contributed by atoms with E-state index in [1.54, 1.807) is 59.8 Å². The number of carbonyl (C=O) groups is 5. The van der Waals surface area contributed by atoms with Crippen molar-refractivity contribution in [2.45, 2.75) is 36.1 Å². The second-order valence-electron chi connectivity index (χ2n) is 16.6. The zero-order valence-electron chi connectivity index (χ0n) is 36.8. The SMILES string of the molecule is COC(=O)C(CC#Cc1ccc2c(c1)[C@]1(C(=O)N2)[C@H](C(=O)N2CCN(c3ncccn3)CC2)[C@H]2C(=O)O[C@H](c3ccccc3)[C@H](c3ccccc3)N2[C@@H]1c1cccc(OCCO)c1)C(=O)OC. The highest BCUT2D eigenvalue weighted by molar-refractivity contribution is 6.12. The molecule has 1 aromatic heterocycles. The number of esters is 3. The van der Waals surface area contributed by atoms with Gasteiger partial charge in [-0.25, -0.2) is 9.97 Å². The number of aliphatic hydroxyl groups excluding tert-OH is 1. The Morgan fingerprint density at radius 2 is 1.49 bits per heavy atom. The van der Waals surface area contributed by atoms with Gasteiger partial charge in [0.1, 0.15) is 29.9 Å². The van der Waals surface area contributed by atoms with Crippen LogP contribution in [0.15, 0.2) is 122 Å². The van der Waals surface area contributed by atoms with Crippen molar-refractivity contribution in [1.29, 1.82) is 0 Å². The summed E-state index contributed by atoms with van der Waals surface area (Å²) in [6.07, 6.45) is 2.23. The molecule has 16 nitrogen and oxygen atoms in total. The number of piperazine rings is 1. The zero-order valence-corrected chi connectivity index (χ0v) is 36.8. The first kappa shape index (κ1) is 44.6. The number of cyclic esters (lactones) is 1. The van der Waals surface area contributed by atoms with Crippen LogP contribution in [0.3, 0.4) is 0 Å². The molecule has 9 rings (SSSR count). The fraction of sp³-hybridized carbons (Fsp3) is 0.314. The summed E-state index contributed by atoms with van der Waals surface area (Å²) in [7, 11) is 2.34. The lowest BCUT2D eigenvalue weighted by Gasteiger charge is -2.46. The highest BCUT2D eigenvalue weighted by Crippen LogP contribution is 2.65. The predicted molar refractivity (Wildman–Crippen MR) is 242 cm³/mol. The number of fused-ring (bicyclic) bond motifs is 3. The van der Waals surface area contributed by atoms with Crippen LogP contribution in [0.1, 0.15) is 52.4 Å². The molecule has 3 fully saturated rings. The van der Waals surface area contributed by atoms with E-state index < -0.39 is 71.2 Å². The third-order valence-corrected chi connectivity index (χ3v) is 13.0. The lowest BCUT2D eigenvalue weighted by atomic mass is 9.65. The van der Waals surface area contributed by atoms with Crippen LogP contribution in [0.25, 0.3) is 0 Å². The molecule has 2 N–H and O–H groups in total. The van der Waals surface area contributed by atoms with Crippen molar-refractivity contribution in [2.75, 3.05) is 63.8 Å². The Balaban J connectivity index is 1.26. The molecule has 3 saturated heterocycles. The maximum absolute atomic E-state index is 16.0. The molecule has 5 aromatic rings. The van der Waals surface area contributed by atoms with Crippen molar-refractivity contribution in [1.82, 2.24) is 19.8 Å². The number of benzene rings is 4. The minimum atomic E-state index is -1.82. The second-order valence-corrected chi connectivity index (χ2v) is 16.6. The van der Waals surface area contributed by atoms with Gasteiger partial charge in [0, 0.05) is 56.2 Å². The smallest absolute Gasteiger partial charge is 0.324 e. The Labute approximate surface area is 386 Å². The maximum Gasteiger partial charge on any atom is 0.324 e. The molecule has 1 spiro atoms. The Morgan fingerprint density at radius 1 is 0.821 bits per heavy atom. The normalized spacial score (nSPS) is 23.1. The summed E-state index contributed by atoms with van der Waals surface area (Å²) in [5.74, 6) is 1.09. The first-order valence-corrected chi connectivity index (χ1v) is 22.0. The molecule has 4 aliphatic rings. The van der Waals surface area contributed by atoms with Gasteiger partial charge in [0.05, 0.1) is 38.8 Å². The van der Waals surface area contributed by atoms with Gasteiger partial charge in [-0.15, -0.1) is 0 Å². The fourth-order valence-corrected chi connectivity index (χ4v) is 10.2. The molecular weight excluding hydrogens is 857 g/mol. The number of aromatic nitrogens is 2. The quantitative estimate of drug-likeness (QED) is 0.0832. The number of hydrogen-bond acceptors (Lipinski definition) is 14. The van der Waals surface area contributed by atoms with Crippen molar-refractivity contribution in [3.63, 3.8) is 0 Å². The fourth-order valence-electron chi connectivity index (χ4n) is 10.2. The Bertz CT molecular complexity index is 2710. The Kier molecular flexibility index (Phi) is 12.7. The molecule has 6 atom stereocenters. The van der Waals surface area contributed by atoms with Crippen LogP contribution in [0.2, 0.25) is 0 Å². The predicted octanol–water partition coefficient (Wildman–Crippen LogP) is 4.17. The van der Waals surface area contributed by atoms with Gasteiger partial charge in [0.25, 0.3) is 0 Å². The lowest BCUT2D eigenvalue weighted by Crippen LogP contribution is -2.58. The van der Waals surface area contributed by atoms with Crippen LogP contribution < -0.4 is 15.0 Å². The molecule has 16 heteroatoms. The summed E-state index contributed by atoms with van der Waals surface area (Å²) in [6, 6.07) is 30.0. The van der Waals surface area contributed by atoms with Gasteiger partial charge in [-0.05, 0) is 58.7 Å². The number of morpholine rings is 1. The van der Waals surface area contributed by atoms with Crippen LogP contribution in [0.4, 0.5) is 11.6 Å². The summed E-state index contributed by atoms with van der Waals surface area (Å²) >= 11 is 0. The van der Waals surface area contributed by atoms with Crippen molar-refractivity contribution < 1.29 is 48.0 Å². The molecule has 4 aliphatic heterocycles. The summed E-state index contributed by atoms with van der Waals surface area (Å²) in [5.41, 5.74) is 1.52. The van der Waals surface area contributed by atoms with E-state index >= 15 is 14.4 Å². The molecule has 5 heterocycles. The molecule has 2 amide bonds. The monoisotopic (exact) mass is 904 g/mol. The van der Waals surface area contributed by atoms with Crippen molar-refractivity contribution in [3.8, 4) is 17.6 Å². The number of hydrogen-bond donors (Lipinski definition) is 2. The number of rotatable bonds is 11. The van der Waals surface area contributed by atoms with Gasteiger partial charge in [-0.2, -0.15) is 0 Å². The number of methoxy groups -OCH3 is 2. The van der Waals surface area contributed by atoms with Crippen molar-refractivity contribution in [3.05, 3.63) is 149 Å². The summed E-state index contributed by atoms with van der Waals surface area (Å²) in [5, 5.41) is 12.9. The van der Waals surface area contributed by atoms with E-state index in [1.807, 2.05) is 76.5 Å². The van der Waals surface area contributed by atoms with Crippen LogP contribution >= 0.6 is 0 Å². The number of carbonyl (C=O) groups excluding carboxylic acids is 5. The number of ether oxygens (including phenoxy) is 4. The van der Waals surface area contributed by atoms with E-state index in [0.29, 0.717) is 47.2 Å². The second kappa shape index (κ2) is 19.1. The topological polar surface area (TPSA) is 190 Å². The number of amides is 2. The van der Waals surface area contributed by atoms with E-state index in [4.69, 9.17) is 18.9 Å². The average Bonchev–Trinajstić information content (AvgIpc) is 3.85. The highest BCUT2D eigenvalue weighted by atomic mass is 16.6. The minimum absolute atomic E-state index is 0.0000773. The van der Waals surface area contributed by atoms with E-state index in [1.165, 1.54) is 14.2 Å². The van der Waals surface area contributed by atoms with E-state index in [0.717, 1.165) is 11.1 Å². The minimum Gasteiger partial charge on any atom is -0.491 e. The molecule has 4 aromatic carbocycles. The van der Waals surface area contributed by atoms with Crippen LogP contribution in [-0.2, 0) is 43.6 Å². The van der Waals surface area contributed by atoms with E-state index in [-0.39, 0.29) is 32.7 Å². The van der Waals surface area contributed by atoms with Crippen LogP contribution in [-0.4, -0.2) is 114 Å². The number of nitrogens with one attached hydrogen (secondary N) is 1. The van der Waals surface area contributed by atoms with Gasteiger partial charge < -0.3 is 39.2 Å². The molecule has 342 valence electrons. The molecule has 0 radical (unpaired) electrons. The van der Waals surface area contributed by atoms with Crippen molar-refractivity contribution in [2.24, 2.45) is 11.8 Å². The van der Waals surface area contributed by atoms with Gasteiger partial charge >= 0.3 is 17.9 Å². The van der Waals surface area contributed by atoms with Gasteiger partial charge in [-0.3, -0.25) is 28.9 Å². The molecule has 0 bridgehead atoms. The molecule has 67 heavy (non-hydrogen) atoms. The largest absolute Gasteiger partial charge is 0.491 e. The van der Waals surface area contributed by atoms with Crippen molar-refractivity contribution >= 4 is 41.4 Å². The maximum atomic E-state index is 16.0. The molecule has 0 unspecified atom stereocenters. The first-order valence-electron chi connectivity index (χ1n) is 22.0. The number of aliphatic hydroxyl groups is 1.